The van der Waals surface area contributed by atoms with E-state index in [0.29, 0.717) is 16.4 Å². The average Bonchev–Trinajstić information content (AvgIpc) is 3.42. The predicted molar refractivity (Wildman–Crippen MR) is 188 cm³/mol. The second-order valence-corrected chi connectivity index (χ2v) is 14.8. The van der Waals surface area contributed by atoms with Crippen molar-refractivity contribution in [3.05, 3.63) is 110 Å². The van der Waals surface area contributed by atoms with Crippen LogP contribution in [-0.4, -0.2) is 41.4 Å². The molecule has 0 radical (unpaired) electrons. The van der Waals surface area contributed by atoms with Gasteiger partial charge in [0, 0.05) is 38.3 Å². The van der Waals surface area contributed by atoms with Crippen LogP contribution in [-0.2, 0) is 19.1 Å². The summed E-state index contributed by atoms with van der Waals surface area (Å²) in [5, 5.41) is 3.73. The Kier molecular flexibility index (Phi) is 8.87. The van der Waals surface area contributed by atoms with Crippen molar-refractivity contribution >= 4 is 69.0 Å². The van der Waals surface area contributed by atoms with Crippen LogP contribution in [0.3, 0.4) is 0 Å². The van der Waals surface area contributed by atoms with Crippen LogP contribution in [0, 0.1) is 0 Å². The molecule has 0 saturated carbocycles. The fourth-order valence-electron chi connectivity index (χ4n) is 5.84. The van der Waals surface area contributed by atoms with Gasteiger partial charge in [0.15, 0.2) is 0 Å². The van der Waals surface area contributed by atoms with Gasteiger partial charge >= 0.3 is 11.9 Å². The van der Waals surface area contributed by atoms with Gasteiger partial charge in [-0.05, 0) is 57.9 Å². The van der Waals surface area contributed by atoms with Crippen molar-refractivity contribution in [2.75, 3.05) is 25.1 Å². The normalized spacial score (nSPS) is 20.0. The van der Waals surface area contributed by atoms with E-state index in [4.69, 9.17) is 14.2 Å². The van der Waals surface area contributed by atoms with Crippen LogP contribution in [0.4, 0.5) is 5.69 Å². The molecule has 0 aliphatic carbocycles. The molecule has 1 atom stereocenters. The zero-order valence-corrected chi connectivity index (χ0v) is 28.3. The number of hydrogen-bond donors (Lipinski definition) is 1. The number of fused-ring (bicyclic) bond motifs is 3. The number of nitrogens with one attached hydrogen (secondary N) is 1. The third-order valence-electron chi connectivity index (χ3n) is 7.62. The van der Waals surface area contributed by atoms with Gasteiger partial charge in [-0.2, -0.15) is 0 Å². The first-order chi connectivity index (χ1) is 21.7. The van der Waals surface area contributed by atoms with E-state index in [-0.39, 0.29) is 25.2 Å². The van der Waals surface area contributed by atoms with Gasteiger partial charge in [-0.1, -0.05) is 95.9 Å². The van der Waals surface area contributed by atoms with Crippen molar-refractivity contribution in [1.29, 1.82) is 0 Å². The first-order valence-electron chi connectivity index (χ1n) is 15.0. The number of benzene rings is 3. The highest BCUT2D eigenvalue weighted by Gasteiger charge is 2.57. The van der Waals surface area contributed by atoms with Gasteiger partial charge in [-0.15, -0.1) is 0 Å². The zero-order chi connectivity index (χ0) is 31.8. The van der Waals surface area contributed by atoms with Crippen LogP contribution >= 0.6 is 35.3 Å². The predicted octanol–water partition coefficient (Wildman–Crippen LogP) is 8.83. The summed E-state index contributed by atoms with van der Waals surface area (Å²) in [7, 11) is 0. The third-order valence-corrected chi connectivity index (χ3v) is 12.4. The van der Waals surface area contributed by atoms with Crippen LogP contribution in [0.25, 0.3) is 16.1 Å². The minimum absolute atomic E-state index is 0.246. The van der Waals surface area contributed by atoms with E-state index >= 15 is 0 Å². The summed E-state index contributed by atoms with van der Waals surface area (Å²) in [5.74, 6) is 0.0121. The summed E-state index contributed by atoms with van der Waals surface area (Å²) in [6.45, 7) is 10.9. The van der Waals surface area contributed by atoms with E-state index < -0.39 is 9.62 Å². The van der Waals surface area contributed by atoms with E-state index in [1.807, 2.05) is 93.6 Å². The Morgan fingerprint density at radius 3 is 1.98 bits per heavy atom. The average molecular weight is 658 g/mol. The van der Waals surface area contributed by atoms with Crippen molar-refractivity contribution < 1.29 is 23.8 Å². The molecule has 0 aromatic heterocycles. The Morgan fingerprint density at radius 1 is 0.733 bits per heavy atom. The number of thioether (sulfide) groups is 3. The summed E-state index contributed by atoms with van der Waals surface area (Å²) in [4.78, 5) is 30.6. The summed E-state index contributed by atoms with van der Waals surface area (Å²) >= 11 is 4.52. The molecule has 6 nitrogen and oxygen atoms in total. The second-order valence-electron chi connectivity index (χ2n) is 11.1. The van der Waals surface area contributed by atoms with Gasteiger partial charge in [0.2, 0.25) is 0 Å². The van der Waals surface area contributed by atoms with Crippen LogP contribution in [0.5, 0.6) is 5.75 Å². The molecule has 9 heteroatoms. The molecule has 3 aromatic rings. The highest BCUT2D eigenvalue weighted by molar-refractivity contribution is 8.29. The van der Waals surface area contributed by atoms with E-state index in [0.717, 1.165) is 49.1 Å². The van der Waals surface area contributed by atoms with E-state index in [2.05, 4.69) is 25.2 Å². The number of carbonyl (C=O) groups excluding carboxylic acids is 2. The molecule has 3 heterocycles. The SMILES string of the molecule is CCOC(=O)C1=C(c2ccccc2)S[C@@]2(S1)C(c1ccccc1)=C(C(=O)OCC)SC1=C2c2ccc(OCC)cc2NC1(C)C. The Bertz CT molecular complexity index is 1750. The summed E-state index contributed by atoms with van der Waals surface area (Å²) < 4.78 is 16.4. The summed E-state index contributed by atoms with van der Waals surface area (Å²) in [6, 6.07) is 26.0. The maximum Gasteiger partial charge on any atom is 0.345 e. The molecular weight excluding hydrogens is 623 g/mol. The molecule has 232 valence electrons. The molecule has 3 aliphatic heterocycles. The smallest absolute Gasteiger partial charge is 0.345 e. The fourth-order valence-corrected chi connectivity index (χ4v) is 11.0. The minimum atomic E-state index is -0.932. The number of anilines is 1. The van der Waals surface area contributed by atoms with Crippen molar-refractivity contribution in [2.24, 2.45) is 0 Å². The first kappa shape index (κ1) is 31.5. The van der Waals surface area contributed by atoms with Crippen LogP contribution in [0.2, 0.25) is 0 Å². The Labute approximate surface area is 277 Å². The maximum absolute atomic E-state index is 14.0. The zero-order valence-electron chi connectivity index (χ0n) is 25.9. The lowest BCUT2D eigenvalue weighted by Gasteiger charge is -2.47. The van der Waals surface area contributed by atoms with Crippen LogP contribution in [0.15, 0.2) is 93.6 Å². The standard InChI is InChI=1S/C36H35NO5S3/c1-6-40-24-19-20-25-26(21-24)37-35(4,5)32-28(25)36(27(22-15-11-9-12-16-22)30(43-32)33(38)41-7-2)44-29(23-17-13-10-14-18-23)31(45-36)34(39)42-8-3/h9-21,37H,6-8H2,1-5H3/t36-/m1/s1. The molecule has 3 aliphatic rings. The van der Waals surface area contributed by atoms with Gasteiger partial charge in [0.25, 0.3) is 0 Å². The molecule has 1 spiro atoms. The molecule has 45 heavy (non-hydrogen) atoms. The molecule has 1 N–H and O–H groups in total. The molecule has 0 unspecified atom stereocenters. The van der Waals surface area contributed by atoms with Gasteiger partial charge in [0.05, 0.1) is 25.4 Å². The molecule has 6 rings (SSSR count). The molecule has 3 aromatic carbocycles. The topological polar surface area (TPSA) is 73.9 Å². The number of rotatable bonds is 8. The number of ether oxygens (including phenoxy) is 3. The summed E-state index contributed by atoms with van der Waals surface area (Å²) in [6.07, 6.45) is 0. The Balaban J connectivity index is 1.69. The van der Waals surface area contributed by atoms with Crippen molar-refractivity contribution in [2.45, 2.75) is 44.2 Å². The van der Waals surface area contributed by atoms with Gasteiger partial charge in [0.1, 0.15) is 19.6 Å². The molecule has 0 bridgehead atoms. The number of esters is 2. The van der Waals surface area contributed by atoms with E-state index in [9.17, 15) is 9.59 Å². The van der Waals surface area contributed by atoms with E-state index in [1.54, 1.807) is 11.8 Å². The monoisotopic (exact) mass is 657 g/mol. The molecule has 0 saturated heterocycles. The maximum atomic E-state index is 14.0. The second kappa shape index (κ2) is 12.7. The Morgan fingerprint density at radius 2 is 1.36 bits per heavy atom. The third kappa shape index (κ3) is 5.59. The summed E-state index contributed by atoms with van der Waals surface area (Å²) in [5.41, 5.74) is 5.03. The van der Waals surface area contributed by atoms with Crippen molar-refractivity contribution in [3.63, 3.8) is 0 Å². The Hall–Kier alpha value is -3.53. The quantitative estimate of drug-likeness (QED) is 0.239. The van der Waals surface area contributed by atoms with Gasteiger partial charge in [-0.25, -0.2) is 9.59 Å². The molecular formula is C36H35NO5S3. The van der Waals surface area contributed by atoms with Crippen molar-refractivity contribution in [1.82, 2.24) is 0 Å². The molecule has 0 fully saturated rings. The van der Waals surface area contributed by atoms with Crippen LogP contribution < -0.4 is 10.1 Å². The number of hydrogen-bond acceptors (Lipinski definition) is 9. The lowest BCUT2D eigenvalue weighted by molar-refractivity contribution is -0.138. The largest absolute Gasteiger partial charge is 0.494 e. The highest BCUT2D eigenvalue weighted by Crippen LogP contribution is 2.73. The van der Waals surface area contributed by atoms with Crippen molar-refractivity contribution in [3.8, 4) is 5.75 Å². The van der Waals surface area contributed by atoms with Gasteiger partial charge in [-0.3, -0.25) is 0 Å². The number of carbonyl (C=O) groups is 2. The fraction of sp³-hybridized carbons (Fsp3) is 0.278. The molecule has 0 amide bonds. The van der Waals surface area contributed by atoms with Gasteiger partial charge < -0.3 is 19.5 Å². The minimum Gasteiger partial charge on any atom is -0.494 e. The first-order valence-corrected chi connectivity index (χ1v) is 17.5. The highest BCUT2D eigenvalue weighted by atomic mass is 32.2. The van der Waals surface area contributed by atoms with Crippen LogP contribution in [0.1, 0.15) is 51.3 Å². The van der Waals surface area contributed by atoms with E-state index in [1.165, 1.54) is 23.5 Å². The lowest BCUT2D eigenvalue weighted by Crippen LogP contribution is -2.42. The lowest BCUT2D eigenvalue weighted by atomic mass is 9.83.